The minimum Gasteiger partial charge on any atom is -0.363 e. The van der Waals surface area contributed by atoms with E-state index in [-0.39, 0.29) is 11.5 Å². The molecule has 0 saturated carbocycles. The Morgan fingerprint density at radius 2 is 1.93 bits per heavy atom. The summed E-state index contributed by atoms with van der Waals surface area (Å²) in [6, 6.07) is 6.11. The van der Waals surface area contributed by atoms with E-state index in [0.717, 1.165) is 30.8 Å². The number of anilines is 1. The third kappa shape index (κ3) is 3.98. The van der Waals surface area contributed by atoms with Crippen LogP contribution in [0.3, 0.4) is 0 Å². The molecule has 0 atom stereocenters. The van der Waals surface area contributed by atoms with E-state index in [2.05, 4.69) is 11.0 Å². The van der Waals surface area contributed by atoms with Crippen LogP contribution in [0.2, 0.25) is 0 Å². The monoisotopic (exact) mass is 383 g/mol. The van der Waals surface area contributed by atoms with E-state index in [9.17, 15) is 14.9 Å². The number of hydrogen-bond acceptors (Lipinski definition) is 5. The third-order valence-corrected chi connectivity index (χ3v) is 6.22. The van der Waals surface area contributed by atoms with Crippen molar-refractivity contribution < 1.29 is 9.59 Å². The number of carbonyl (C=O) groups is 2. The molecule has 0 radical (unpaired) electrons. The van der Waals surface area contributed by atoms with E-state index in [1.807, 2.05) is 25.1 Å². The molecule has 0 aliphatic carbocycles. The number of nitriles is 1. The van der Waals surface area contributed by atoms with E-state index in [0.29, 0.717) is 17.7 Å². The molecule has 2 aliphatic rings. The SMILES string of the molecule is CCCCN1C(=O)C(C#N)=C(C)/C(=C/c2ccc(N3CCCCC3)s2)C1=O. The highest BCUT2D eigenvalue weighted by atomic mass is 32.1. The second-order valence-electron chi connectivity index (χ2n) is 7.01. The first-order chi connectivity index (χ1) is 13.1. The first-order valence-corrected chi connectivity index (χ1v) is 10.4. The second kappa shape index (κ2) is 8.53. The van der Waals surface area contributed by atoms with Gasteiger partial charge in [-0.2, -0.15) is 5.26 Å². The van der Waals surface area contributed by atoms with Crippen molar-refractivity contribution >= 4 is 34.2 Å². The molecule has 0 aromatic carbocycles. The van der Waals surface area contributed by atoms with Crippen molar-refractivity contribution in [1.82, 2.24) is 4.90 Å². The highest BCUT2D eigenvalue weighted by molar-refractivity contribution is 7.17. The zero-order valence-corrected chi connectivity index (χ0v) is 16.8. The van der Waals surface area contributed by atoms with Crippen LogP contribution in [-0.2, 0) is 9.59 Å². The van der Waals surface area contributed by atoms with Crippen LogP contribution in [0.15, 0.2) is 28.9 Å². The molecule has 0 bridgehead atoms. The molecule has 1 saturated heterocycles. The number of nitrogens with zero attached hydrogens (tertiary/aromatic N) is 3. The van der Waals surface area contributed by atoms with Crippen LogP contribution in [0.5, 0.6) is 0 Å². The Morgan fingerprint density at radius 3 is 2.59 bits per heavy atom. The van der Waals surface area contributed by atoms with Crippen molar-refractivity contribution in [1.29, 1.82) is 5.26 Å². The van der Waals surface area contributed by atoms with Gasteiger partial charge in [0.15, 0.2) is 0 Å². The Labute approximate surface area is 164 Å². The van der Waals surface area contributed by atoms with E-state index in [4.69, 9.17) is 0 Å². The molecule has 0 N–H and O–H groups in total. The molecule has 0 unspecified atom stereocenters. The molecule has 5 nitrogen and oxygen atoms in total. The Morgan fingerprint density at radius 1 is 1.19 bits per heavy atom. The molecule has 1 aromatic heterocycles. The molecule has 1 aromatic rings. The van der Waals surface area contributed by atoms with Gasteiger partial charge in [0.05, 0.1) is 5.00 Å². The summed E-state index contributed by atoms with van der Waals surface area (Å²) in [5.41, 5.74) is 1.01. The van der Waals surface area contributed by atoms with Gasteiger partial charge in [0.25, 0.3) is 11.8 Å². The van der Waals surface area contributed by atoms with Crippen LogP contribution in [0.4, 0.5) is 5.00 Å². The van der Waals surface area contributed by atoms with Crippen molar-refractivity contribution in [3.8, 4) is 6.07 Å². The standard InChI is InChI=1S/C21H25N3O2S/c1-3-4-12-24-20(25)17(15(2)18(14-22)21(24)26)13-16-8-9-19(27-16)23-10-6-5-7-11-23/h8-9,13H,3-7,10-12H2,1-2H3/b17-13-. The van der Waals surface area contributed by atoms with Crippen molar-refractivity contribution in [2.24, 2.45) is 0 Å². The zero-order chi connectivity index (χ0) is 19.4. The summed E-state index contributed by atoms with van der Waals surface area (Å²) >= 11 is 1.65. The summed E-state index contributed by atoms with van der Waals surface area (Å²) in [7, 11) is 0. The fourth-order valence-corrected chi connectivity index (χ4v) is 4.50. The van der Waals surface area contributed by atoms with Crippen LogP contribution in [-0.4, -0.2) is 36.3 Å². The fraction of sp³-hybridized carbons (Fsp3) is 0.476. The largest absolute Gasteiger partial charge is 0.363 e. The third-order valence-electron chi connectivity index (χ3n) is 5.13. The fourth-order valence-electron chi connectivity index (χ4n) is 3.50. The minimum absolute atomic E-state index is 0.0739. The number of thiophene rings is 1. The number of imide groups is 1. The lowest BCUT2D eigenvalue weighted by molar-refractivity contribution is -0.140. The predicted octanol–water partition coefficient (Wildman–Crippen LogP) is 4.13. The van der Waals surface area contributed by atoms with E-state index >= 15 is 0 Å². The second-order valence-corrected chi connectivity index (χ2v) is 8.10. The van der Waals surface area contributed by atoms with Crippen LogP contribution in [0.25, 0.3) is 6.08 Å². The first kappa shape index (κ1) is 19.4. The molecule has 0 spiro atoms. The topological polar surface area (TPSA) is 64.4 Å². The summed E-state index contributed by atoms with van der Waals surface area (Å²) in [6.45, 7) is 6.21. The number of piperidine rings is 1. The van der Waals surface area contributed by atoms with E-state index in [1.165, 1.54) is 29.2 Å². The van der Waals surface area contributed by atoms with Crippen molar-refractivity contribution in [2.75, 3.05) is 24.5 Å². The maximum absolute atomic E-state index is 12.9. The molecule has 2 aliphatic heterocycles. The van der Waals surface area contributed by atoms with Gasteiger partial charge >= 0.3 is 0 Å². The van der Waals surface area contributed by atoms with Gasteiger partial charge in [-0.3, -0.25) is 14.5 Å². The minimum atomic E-state index is -0.467. The highest BCUT2D eigenvalue weighted by Crippen LogP contribution is 2.33. The quantitative estimate of drug-likeness (QED) is 0.566. The summed E-state index contributed by atoms with van der Waals surface area (Å²) in [5, 5.41) is 10.6. The number of carbonyl (C=O) groups excluding carboxylic acids is 2. The van der Waals surface area contributed by atoms with Gasteiger partial charge in [-0.1, -0.05) is 13.3 Å². The normalized spacial score (nSPS) is 19.8. The Bertz CT molecular complexity index is 838. The molecule has 142 valence electrons. The first-order valence-electron chi connectivity index (χ1n) is 9.60. The molecular formula is C21H25N3O2S. The van der Waals surface area contributed by atoms with Gasteiger partial charge in [-0.25, -0.2) is 0 Å². The molecule has 2 amide bonds. The molecule has 3 rings (SSSR count). The van der Waals surface area contributed by atoms with Crippen molar-refractivity contribution in [3.05, 3.63) is 33.7 Å². The Balaban J connectivity index is 1.92. The molecule has 3 heterocycles. The number of unbranched alkanes of at least 4 members (excludes halogenated alkanes) is 1. The van der Waals surface area contributed by atoms with Gasteiger partial charge in [0.2, 0.25) is 0 Å². The molecular weight excluding hydrogens is 358 g/mol. The lowest BCUT2D eigenvalue weighted by Crippen LogP contribution is -2.43. The Kier molecular flexibility index (Phi) is 6.12. The van der Waals surface area contributed by atoms with Gasteiger partial charge in [-0.15, -0.1) is 11.3 Å². The average Bonchev–Trinajstić information content (AvgIpc) is 3.15. The molecule has 6 heteroatoms. The lowest BCUT2D eigenvalue weighted by Gasteiger charge is -2.27. The lowest BCUT2D eigenvalue weighted by atomic mass is 9.94. The summed E-state index contributed by atoms with van der Waals surface area (Å²) in [4.78, 5) is 30.0. The predicted molar refractivity (Wildman–Crippen MR) is 108 cm³/mol. The highest BCUT2D eigenvalue weighted by Gasteiger charge is 2.35. The maximum Gasteiger partial charge on any atom is 0.271 e. The van der Waals surface area contributed by atoms with Gasteiger partial charge in [0.1, 0.15) is 11.6 Å². The number of hydrogen-bond donors (Lipinski definition) is 0. The molecule has 27 heavy (non-hydrogen) atoms. The van der Waals surface area contributed by atoms with Crippen LogP contribution >= 0.6 is 11.3 Å². The van der Waals surface area contributed by atoms with Gasteiger partial charge < -0.3 is 4.90 Å². The summed E-state index contributed by atoms with van der Waals surface area (Å²) in [6.07, 6.45) is 7.17. The van der Waals surface area contributed by atoms with Gasteiger partial charge in [0, 0.05) is 30.1 Å². The van der Waals surface area contributed by atoms with Gasteiger partial charge in [-0.05, 0) is 56.4 Å². The molecule has 1 fully saturated rings. The smallest absolute Gasteiger partial charge is 0.271 e. The number of amides is 2. The van der Waals surface area contributed by atoms with Crippen molar-refractivity contribution in [3.63, 3.8) is 0 Å². The number of rotatable bonds is 5. The van der Waals surface area contributed by atoms with Crippen LogP contribution in [0, 0.1) is 11.3 Å². The zero-order valence-electron chi connectivity index (χ0n) is 16.0. The van der Waals surface area contributed by atoms with Crippen LogP contribution in [0.1, 0.15) is 50.8 Å². The Hall–Kier alpha value is -2.39. The van der Waals surface area contributed by atoms with E-state index < -0.39 is 5.91 Å². The van der Waals surface area contributed by atoms with Crippen molar-refractivity contribution in [2.45, 2.75) is 46.0 Å². The summed E-state index contributed by atoms with van der Waals surface area (Å²) < 4.78 is 0. The van der Waals surface area contributed by atoms with Crippen LogP contribution < -0.4 is 4.90 Å². The maximum atomic E-state index is 12.9. The van der Waals surface area contributed by atoms with E-state index in [1.54, 1.807) is 18.3 Å². The average molecular weight is 384 g/mol. The summed E-state index contributed by atoms with van der Waals surface area (Å²) in [5.74, 6) is -0.761.